The minimum Gasteiger partial charge on any atom is -0.334 e. The Morgan fingerprint density at radius 2 is 1.92 bits per heavy atom. The zero-order valence-electron chi connectivity index (χ0n) is 14.7. The molecule has 0 spiro atoms. The molecule has 1 atom stereocenters. The molecule has 2 N–H and O–H groups in total. The van der Waals surface area contributed by atoms with Crippen molar-refractivity contribution in [3.63, 3.8) is 0 Å². The Balaban J connectivity index is 1.51. The third-order valence-electron chi connectivity index (χ3n) is 4.49. The van der Waals surface area contributed by atoms with Crippen LogP contribution in [0.15, 0.2) is 53.0 Å². The smallest absolute Gasteiger partial charge is 0.315 e. The number of amides is 3. The van der Waals surface area contributed by atoms with Crippen molar-refractivity contribution in [3.8, 4) is 0 Å². The Hall–Kier alpha value is -2.34. The largest absolute Gasteiger partial charge is 0.334 e. The number of hydrogen-bond donors (Lipinski definition) is 2. The van der Waals surface area contributed by atoms with Gasteiger partial charge in [-0.15, -0.1) is 0 Å². The highest BCUT2D eigenvalue weighted by Gasteiger charge is 2.21. The van der Waals surface area contributed by atoms with Gasteiger partial charge in [-0.2, -0.15) is 0 Å². The van der Waals surface area contributed by atoms with Crippen molar-refractivity contribution in [2.45, 2.75) is 32.4 Å². The quantitative estimate of drug-likeness (QED) is 0.770. The number of anilines is 1. The van der Waals surface area contributed by atoms with Crippen LogP contribution in [-0.4, -0.2) is 18.5 Å². The fourth-order valence-electron chi connectivity index (χ4n) is 3.05. The lowest BCUT2D eigenvalue weighted by molar-refractivity contribution is -0.117. The molecular formula is C20H22BrN3O2. The topological polar surface area (TPSA) is 61.4 Å². The van der Waals surface area contributed by atoms with Crippen LogP contribution in [-0.2, 0) is 11.3 Å². The highest BCUT2D eigenvalue weighted by Crippen LogP contribution is 2.23. The van der Waals surface area contributed by atoms with E-state index in [4.69, 9.17) is 0 Å². The number of carbonyl (C=O) groups is 2. The average Bonchev–Trinajstić information content (AvgIpc) is 3.06. The molecule has 3 rings (SSSR count). The Labute approximate surface area is 161 Å². The van der Waals surface area contributed by atoms with Crippen LogP contribution in [0.5, 0.6) is 0 Å². The second-order valence-corrected chi connectivity index (χ2v) is 7.24. The number of benzene rings is 2. The molecular weight excluding hydrogens is 394 g/mol. The molecule has 0 aliphatic carbocycles. The first-order valence-electron chi connectivity index (χ1n) is 8.72. The van der Waals surface area contributed by atoms with Gasteiger partial charge in [-0.3, -0.25) is 4.79 Å². The molecule has 1 heterocycles. The van der Waals surface area contributed by atoms with Gasteiger partial charge in [-0.1, -0.05) is 46.3 Å². The van der Waals surface area contributed by atoms with Crippen molar-refractivity contribution in [2.24, 2.45) is 0 Å². The van der Waals surface area contributed by atoms with E-state index in [0.29, 0.717) is 13.0 Å². The van der Waals surface area contributed by atoms with E-state index < -0.39 is 0 Å². The van der Waals surface area contributed by atoms with Crippen molar-refractivity contribution in [1.82, 2.24) is 10.6 Å². The Bertz CT molecular complexity index is 792. The number of urea groups is 1. The Morgan fingerprint density at radius 3 is 2.58 bits per heavy atom. The molecule has 2 aromatic carbocycles. The molecule has 5 nitrogen and oxygen atoms in total. The molecule has 1 fully saturated rings. The van der Waals surface area contributed by atoms with Gasteiger partial charge in [0.2, 0.25) is 5.91 Å². The summed E-state index contributed by atoms with van der Waals surface area (Å²) in [6.07, 6.45) is 1.54. The first-order chi connectivity index (χ1) is 12.5. The summed E-state index contributed by atoms with van der Waals surface area (Å²) in [5, 5.41) is 5.81. The zero-order chi connectivity index (χ0) is 18.5. The summed E-state index contributed by atoms with van der Waals surface area (Å²) in [4.78, 5) is 25.7. The molecule has 0 unspecified atom stereocenters. The second kappa shape index (κ2) is 8.36. The molecule has 26 heavy (non-hydrogen) atoms. The third-order valence-corrected chi connectivity index (χ3v) is 5.22. The van der Waals surface area contributed by atoms with Crippen LogP contribution >= 0.6 is 15.9 Å². The molecule has 0 saturated carbocycles. The van der Waals surface area contributed by atoms with E-state index in [9.17, 15) is 9.59 Å². The molecule has 2 aromatic rings. The number of rotatable bonds is 5. The van der Waals surface area contributed by atoms with Gasteiger partial charge in [0.25, 0.3) is 0 Å². The van der Waals surface area contributed by atoms with Crippen LogP contribution in [0.2, 0.25) is 0 Å². The molecule has 6 heteroatoms. The first-order valence-corrected chi connectivity index (χ1v) is 9.52. The predicted molar refractivity (Wildman–Crippen MR) is 106 cm³/mol. The molecule has 0 radical (unpaired) electrons. The molecule has 0 bridgehead atoms. The van der Waals surface area contributed by atoms with Crippen LogP contribution in [0.25, 0.3) is 0 Å². The lowest BCUT2D eigenvalue weighted by Gasteiger charge is -2.17. The highest BCUT2D eigenvalue weighted by atomic mass is 79.9. The summed E-state index contributed by atoms with van der Waals surface area (Å²) < 4.78 is 0.972. The van der Waals surface area contributed by atoms with Gasteiger partial charge in [0, 0.05) is 29.7 Å². The summed E-state index contributed by atoms with van der Waals surface area (Å²) >= 11 is 3.50. The van der Waals surface area contributed by atoms with Crippen molar-refractivity contribution in [1.29, 1.82) is 0 Å². The maximum atomic E-state index is 12.1. The van der Waals surface area contributed by atoms with E-state index in [-0.39, 0.29) is 18.0 Å². The van der Waals surface area contributed by atoms with Gasteiger partial charge in [0.15, 0.2) is 0 Å². The van der Waals surface area contributed by atoms with E-state index in [1.165, 1.54) is 0 Å². The molecule has 1 saturated heterocycles. The van der Waals surface area contributed by atoms with Crippen LogP contribution < -0.4 is 15.5 Å². The number of hydrogen-bond acceptors (Lipinski definition) is 2. The Morgan fingerprint density at radius 1 is 1.19 bits per heavy atom. The summed E-state index contributed by atoms with van der Waals surface area (Å²) in [5.41, 5.74) is 2.94. The summed E-state index contributed by atoms with van der Waals surface area (Å²) in [7, 11) is 0. The van der Waals surface area contributed by atoms with E-state index in [0.717, 1.165) is 34.3 Å². The molecule has 0 aromatic heterocycles. The summed E-state index contributed by atoms with van der Waals surface area (Å²) in [6.45, 7) is 3.16. The molecule has 1 aliphatic heterocycles. The van der Waals surface area contributed by atoms with Gasteiger partial charge in [0.1, 0.15) is 0 Å². The van der Waals surface area contributed by atoms with Gasteiger partial charge >= 0.3 is 6.03 Å². The van der Waals surface area contributed by atoms with Crippen molar-refractivity contribution >= 4 is 33.6 Å². The molecule has 3 amide bonds. The second-order valence-electron chi connectivity index (χ2n) is 6.39. The maximum absolute atomic E-state index is 12.1. The van der Waals surface area contributed by atoms with Crippen LogP contribution in [0, 0.1) is 0 Å². The molecule has 136 valence electrons. The monoisotopic (exact) mass is 415 g/mol. The number of nitrogens with one attached hydrogen (secondary N) is 2. The first kappa shape index (κ1) is 18.5. The van der Waals surface area contributed by atoms with E-state index in [1.807, 2.05) is 60.4 Å². The fourth-order valence-corrected chi connectivity index (χ4v) is 3.68. The number of nitrogens with zero attached hydrogens (tertiary/aromatic N) is 1. The van der Waals surface area contributed by atoms with E-state index in [2.05, 4.69) is 26.6 Å². The SMILES string of the molecule is C[C@H](NC(=O)NCc1ccc(N2CCCC2=O)cc1)c1ccccc1Br. The average molecular weight is 416 g/mol. The lowest BCUT2D eigenvalue weighted by atomic mass is 10.1. The molecule has 1 aliphatic rings. The van der Waals surface area contributed by atoms with Crippen molar-refractivity contribution in [3.05, 3.63) is 64.1 Å². The summed E-state index contributed by atoms with van der Waals surface area (Å²) in [6, 6.07) is 15.3. The fraction of sp³-hybridized carbons (Fsp3) is 0.300. The maximum Gasteiger partial charge on any atom is 0.315 e. The normalized spacial score (nSPS) is 15.0. The number of halogens is 1. The minimum atomic E-state index is -0.216. The van der Waals surface area contributed by atoms with Crippen LogP contribution in [0.4, 0.5) is 10.5 Å². The van der Waals surface area contributed by atoms with Crippen molar-refractivity contribution < 1.29 is 9.59 Å². The zero-order valence-corrected chi connectivity index (χ0v) is 16.3. The van der Waals surface area contributed by atoms with E-state index in [1.54, 1.807) is 0 Å². The third kappa shape index (κ3) is 4.43. The van der Waals surface area contributed by atoms with Gasteiger partial charge in [-0.05, 0) is 42.7 Å². The van der Waals surface area contributed by atoms with Crippen LogP contribution in [0.3, 0.4) is 0 Å². The van der Waals surface area contributed by atoms with Gasteiger partial charge in [-0.25, -0.2) is 4.79 Å². The lowest BCUT2D eigenvalue weighted by Crippen LogP contribution is -2.36. The van der Waals surface area contributed by atoms with Crippen molar-refractivity contribution in [2.75, 3.05) is 11.4 Å². The number of carbonyl (C=O) groups excluding carboxylic acids is 2. The van der Waals surface area contributed by atoms with Crippen LogP contribution in [0.1, 0.15) is 36.9 Å². The van der Waals surface area contributed by atoms with E-state index >= 15 is 0 Å². The highest BCUT2D eigenvalue weighted by molar-refractivity contribution is 9.10. The van der Waals surface area contributed by atoms with Gasteiger partial charge in [0.05, 0.1) is 6.04 Å². The summed E-state index contributed by atoms with van der Waals surface area (Å²) in [5.74, 6) is 0.177. The Kier molecular flexibility index (Phi) is 5.93. The minimum absolute atomic E-state index is 0.103. The predicted octanol–water partition coefficient (Wildman–Crippen LogP) is 4.14. The van der Waals surface area contributed by atoms with Gasteiger partial charge < -0.3 is 15.5 Å². The standard InChI is InChI=1S/C20H22BrN3O2/c1-14(17-5-2-3-6-18(17)21)23-20(26)22-13-15-8-10-16(11-9-15)24-12-4-7-19(24)25/h2-3,5-6,8-11,14H,4,7,12-13H2,1H3,(H2,22,23,26)/t14-/m0/s1.